The molecule has 0 bridgehead atoms. The Morgan fingerprint density at radius 1 is 1.20 bits per heavy atom. The van der Waals surface area contributed by atoms with Gasteiger partial charge in [0, 0.05) is 20.1 Å². The Morgan fingerprint density at radius 2 is 1.80 bits per heavy atom. The van der Waals surface area contributed by atoms with Gasteiger partial charge in [-0.15, -0.1) is 0 Å². The van der Waals surface area contributed by atoms with Gasteiger partial charge in [-0.05, 0) is 12.8 Å². The van der Waals surface area contributed by atoms with Gasteiger partial charge in [-0.3, -0.25) is 9.80 Å². The summed E-state index contributed by atoms with van der Waals surface area (Å²) in [5.41, 5.74) is 2.97. The Kier molecular flexibility index (Phi) is 5.65. The Bertz CT molecular complexity index is 186. The Morgan fingerprint density at radius 3 is 2.33 bits per heavy atom. The van der Waals surface area contributed by atoms with Crippen LogP contribution >= 0.6 is 0 Å². The van der Waals surface area contributed by atoms with Gasteiger partial charge in [0.2, 0.25) is 5.91 Å². The summed E-state index contributed by atoms with van der Waals surface area (Å²) in [6.45, 7) is 0.378. The molecule has 1 amide bonds. The molecule has 4 heteroatoms. The number of carbonyl (C=O) groups excluding carboxylic acids is 1. The van der Waals surface area contributed by atoms with Gasteiger partial charge in [-0.1, -0.05) is 25.7 Å². The number of amides is 1. The predicted octanol–water partition coefficient (Wildman–Crippen LogP) is 0.892. The smallest absolute Gasteiger partial charge is 0.235 e. The summed E-state index contributed by atoms with van der Waals surface area (Å²) < 4.78 is 0. The molecule has 0 atom stereocenters. The first-order valence-corrected chi connectivity index (χ1v) is 5.88. The maximum absolute atomic E-state index is 11.5. The van der Waals surface area contributed by atoms with Crippen molar-refractivity contribution in [3.8, 4) is 0 Å². The van der Waals surface area contributed by atoms with Crippen LogP contribution in [0.3, 0.4) is 0 Å². The highest BCUT2D eigenvalue weighted by Gasteiger charge is 2.14. The Hall–Kier alpha value is -0.610. The van der Waals surface area contributed by atoms with E-state index in [0.717, 1.165) is 12.8 Å². The van der Waals surface area contributed by atoms with E-state index in [4.69, 9.17) is 0 Å². The molecule has 1 aliphatic carbocycles. The van der Waals surface area contributed by atoms with E-state index in [2.05, 4.69) is 10.7 Å². The van der Waals surface area contributed by atoms with Gasteiger partial charge in [0.15, 0.2) is 0 Å². The van der Waals surface area contributed by atoms with Crippen LogP contribution in [0, 0.1) is 0 Å². The lowest BCUT2D eigenvalue weighted by molar-refractivity contribution is -0.121. The maximum Gasteiger partial charge on any atom is 0.235 e. The molecule has 88 valence electrons. The molecule has 1 rings (SSSR count). The first-order valence-electron chi connectivity index (χ1n) is 5.88. The van der Waals surface area contributed by atoms with Crippen LogP contribution < -0.4 is 10.7 Å². The van der Waals surface area contributed by atoms with Crippen molar-refractivity contribution >= 4 is 5.91 Å². The molecule has 0 aromatic carbocycles. The van der Waals surface area contributed by atoms with Crippen LogP contribution in [0.15, 0.2) is 0 Å². The predicted molar refractivity (Wildman–Crippen MR) is 61.3 cm³/mol. The summed E-state index contributed by atoms with van der Waals surface area (Å²) >= 11 is 0. The fraction of sp³-hybridized carbons (Fsp3) is 0.909. The van der Waals surface area contributed by atoms with Gasteiger partial charge >= 0.3 is 0 Å². The van der Waals surface area contributed by atoms with Gasteiger partial charge in [-0.2, -0.15) is 0 Å². The average molecular weight is 213 g/mol. The third kappa shape index (κ3) is 5.74. The highest BCUT2D eigenvalue weighted by Crippen LogP contribution is 2.16. The van der Waals surface area contributed by atoms with E-state index >= 15 is 0 Å². The summed E-state index contributed by atoms with van der Waals surface area (Å²) in [4.78, 5) is 11.5. The van der Waals surface area contributed by atoms with Gasteiger partial charge in [0.1, 0.15) is 0 Å². The molecule has 2 N–H and O–H groups in total. The fourth-order valence-electron chi connectivity index (χ4n) is 1.93. The normalized spacial score (nSPS) is 18.9. The first-order chi connectivity index (χ1) is 7.18. The fourth-order valence-corrected chi connectivity index (χ4v) is 1.93. The van der Waals surface area contributed by atoms with Gasteiger partial charge in [0.05, 0.1) is 6.54 Å². The number of hydrogen-bond acceptors (Lipinski definition) is 3. The minimum Gasteiger partial charge on any atom is -0.352 e. The molecule has 0 spiro atoms. The molecule has 1 aliphatic rings. The number of hydrazine groups is 1. The largest absolute Gasteiger partial charge is 0.352 e. The number of rotatable bonds is 4. The van der Waals surface area contributed by atoms with Crippen molar-refractivity contribution in [3.05, 3.63) is 0 Å². The van der Waals surface area contributed by atoms with Crippen molar-refractivity contribution in [1.82, 2.24) is 15.8 Å². The number of nitrogens with one attached hydrogen (secondary N) is 2. The summed E-state index contributed by atoms with van der Waals surface area (Å²) in [7, 11) is 3.78. The van der Waals surface area contributed by atoms with E-state index in [1.165, 1.54) is 25.7 Å². The monoisotopic (exact) mass is 213 g/mol. The van der Waals surface area contributed by atoms with Gasteiger partial charge in [-0.25, -0.2) is 5.43 Å². The second-order valence-electron chi connectivity index (χ2n) is 4.49. The Labute approximate surface area is 92.4 Å². The lowest BCUT2D eigenvalue weighted by Gasteiger charge is -2.17. The quantitative estimate of drug-likeness (QED) is 0.538. The van der Waals surface area contributed by atoms with E-state index < -0.39 is 0 Å². The second kappa shape index (κ2) is 6.80. The van der Waals surface area contributed by atoms with Crippen molar-refractivity contribution < 1.29 is 4.79 Å². The summed E-state index contributed by atoms with van der Waals surface area (Å²) in [5, 5.41) is 4.88. The van der Waals surface area contributed by atoms with E-state index in [9.17, 15) is 4.79 Å². The van der Waals surface area contributed by atoms with E-state index in [1.807, 2.05) is 14.1 Å². The van der Waals surface area contributed by atoms with Crippen LogP contribution in [-0.2, 0) is 4.79 Å². The molecule has 0 aliphatic heterocycles. The van der Waals surface area contributed by atoms with E-state index in [-0.39, 0.29) is 5.91 Å². The lowest BCUT2D eigenvalue weighted by Crippen LogP contribution is -2.43. The summed E-state index contributed by atoms with van der Waals surface area (Å²) in [6.07, 6.45) is 7.45. The number of hydrogen-bond donors (Lipinski definition) is 2. The van der Waals surface area contributed by atoms with E-state index in [0.29, 0.717) is 12.6 Å². The van der Waals surface area contributed by atoms with Crippen molar-refractivity contribution in [3.63, 3.8) is 0 Å². The molecule has 15 heavy (non-hydrogen) atoms. The molecule has 0 saturated heterocycles. The maximum atomic E-state index is 11.5. The number of nitrogens with zero attached hydrogens (tertiary/aromatic N) is 1. The van der Waals surface area contributed by atoms with Crippen molar-refractivity contribution in [2.45, 2.75) is 44.6 Å². The third-order valence-corrected chi connectivity index (χ3v) is 2.78. The molecular weight excluding hydrogens is 190 g/mol. The molecule has 0 aromatic heterocycles. The van der Waals surface area contributed by atoms with Crippen LogP contribution in [0.1, 0.15) is 38.5 Å². The summed E-state index contributed by atoms with van der Waals surface area (Å²) in [6, 6.07) is 0.406. The van der Waals surface area contributed by atoms with Crippen LogP contribution in [0.25, 0.3) is 0 Å². The molecule has 0 heterocycles. The zero-order chi connectivity index (χ0) is 11.1. The minimum atomic E-state index is 0.107. The molecule has 1 saturated carbocycles. The van der Waals surface area contributed by atoms with Crippen LogP contribution in [-0.4, -0.2) is 37.6 Å². The van der Waals surface area contributed by atoms with E-state index in [1.54, 1.807) is 5.01 Å². The average Bonchev–Trinajstić information content (AvgIpc) is 2.43. The first kappa shape index (κ1) is 12.5. The van der Waals surface area contributed by atoms with Crippen LogP contribution in [0.2, 0.25) is 0 Å². The molecule has 0 unspecified atom stereocenters. The Balaban J connectivity index is 2.17. The van der Waals surface area contributed by atoms with Crippen LogP contribution in [0.5, 0.6) is 0 Å². The van der Waals surface area contributed by atoms with Crippen LogP contribution in [0.4, 0.5) is 0 Å². The van der Waals surface area contributed by atoms with Gasteiger partial charge < -0.3 is 5.32 Å². The SMILES string of the molecule is CN(C)NCC(=O)NC1CCCCCC1. The molecule has 4 nitrogen and oxygen atoms in total. The zero-order valence-corrected chi connectivity index (χ0v) is 9.88. The minimum absolute atomic E-state index is 0.107. The lowest BCUT2D eigenvalue weighted by atomic mass is 10.1. The third-order valence-electron chi connectivity index (χ3n) is 2.78. The van der Waals surface area contributed by atoms with Crippen molar-refractivity contribution in [1.29, 1.82) is 0 Å². The topological polar surface area (TPSA) is 44.4 Å². The number of carbonyl (C=O) groups is 1. The summed E-state index contributed by atoms with van der Waals surface area (Å²) in [5.74, 6) is 0.107. The molecule has 1 fully saturated rings. The van der Waals surface area contributed by atoms with Crippen molar-refractivity contribution in [2.75, 3.05) is 20.6 Å². The molecule has 0 aromatic rings. The highest BCUT2D eigenvalue weighted by atomic mass is 16.2. The molecule has 0 radical (unpaired) electrons. The zero-order valence-electron chi connectivity index (χ0n) is 9.88. The molecular formula is C11H23N3O. The highest BCUT2D eigenvalue weighted by molar-refractivity contribution is 5.78. The second-order valence-corrected chi connectivity index (χ2v) is 4.49. The standard InChI is InChI=1S/C11H23N3O/c1-14(2)12-9-11(15)13-10-7-5-3-4-6-8-10/h10,12H,3-9H2,1-2H3,(H,13,15). The van der Waals surface area contributed by atoms with Crippen molar-refractivity contribution in [2.24, 2.45) is 0 Å². The van der Waals surface area contributed by atoms with Gasteiger partial charge in [0.25, 0.3) is 0 Å².